The van der Waals surface area contributed by atoms with Crippen LogP contribution in [-0.2, 0) is 13.0 Å². The Balaban J connectivity index is 1.46. The Morgan fingerprint density at radius 2 is 1.71 bits per heavy atom. The summed E-state index contributed by atoms with van der Waals surface area (Å²) in [5, 5.41) is 0. The number of rotatable bonds is 5. The maximum Gasteiger partial charge on any atom is 0.166 e. The number of benzene rings is 2. The fraction of sp³-hybridized carbons (Fsp3) is 0.458. The van der Waals surface area contributed by atoms with Crippen LogP contribution < -0.4 is 9.47 Å². The highest BCUT2D eigenvalue weighted by Crippen LogP contribution is 2.44. The van der Waals surface area contributed by atoms with E-state index >= 15 is 0 Å². The number of nitrogens with zero attached hydrogens (tertiary/aromatic N) is 1. The van der Waals surface area contributed by atoms with E-state index in [-0.39, 0.29) is 5.92 Å². The lowest BCUT2D eigenvalue weighted by Crippen LogP contribution is -2.50. The third-order valence-corrected chi connectivity index (χ3v) is 6.73. The van der Waals surface area contributed by atoms with Crippen molar-refractivity contribution in [3.63, 3.8) is 0 Å². The number of carbonyl (C=O) groups excluding carboxylic acids is 1. The van der Waals surface area contributed by atoms with Gasteiger partial charge in [-0.2, -0.15) is 0 Å². The predicted molar refractivity (Wildman–Crippen MR) is 110 cm³/mol. The molecule has 4 heteroatoms. The fourth-order valence-electron chi connectivity index (χ4n) is 5.11. The van der Waals surface area contributed by atoms with Gasteiger partial charge in [0.1, 0.15) is 6.54 Å². The van der Waals surface area contributed by atoms with Gasteiger partial charge in [-0.05, 0) is 24.5 Å². The van der Waals surface area contributed by atoms with Crippen LogP contribution in [0.25, 0.3) is 0 Å². The SMILES string of the molecule is COc1ccc2c(c1OC)CC(C1CC[N+](C)(Cc3ccccc3)CC1)C2=O. The van der Waals surface area contributed by atoms with Crippen molar-refractivity contribution in [3.05, 3.63) is 59.2 Å². The van der Waals surface area contributed by atoms with Gasteiger partial charge in [-0.25, -0.2) is 0 Å². The van der Waals surface area contributed by atoms with E-state index in [0.717, 1.165) is 60.3 Å². The molecule has 2 aliphatic rings. The molecule has 1 aliphatic heterocycles. The Morgan fingerprint density at radius 1 is 1.00 bits per heavy atom. The van der Waals surface area contributed by atoms with Gasteiger partial charge in [0.2, 0.25) is 0 Å². The lowest BCUT2D eigenvalue weighted by molar-refractivity contribution is -0.928. The normalized spacial score (nSPS) is 26.8. The molecule has 0 radical (unpaired) electrons. The highest BCUT2D eigenvalue weighted by molar-refractivity contribution is 6.03. The molecule has 4 nitrogen and oxygen atoms in total. The molecular formula is C24H30NO3+. The number of Topliss-reactive ketones (excluding diaryl/α,β-unsaturated/α-hetero) is 1. The number of piperidine rings is 1. The van der Waals surface area contributed by atoms with Crippen LogP contribution in [0.2, 0.25) is 0 Å². The van der Waals surface area contributed by atoms with Crippen molar-refractivity contribution >= 4 is 5.78 Å². The topological polar surface area (TPSA) is 35.5 Å². The molecule has 1 fully saturated rings. The Morgan fingerprint density at radius 3 is 2.36 bits per heavy atom. The van der Waals surface area contributed by atoms with Crippen molar-refractivity contribution in [1.29, 1.82) is 0 Å². The monoisotopic (exact) mass is 380 g/mol. The van der Waals surface area contributed by atoms with Crippen molar-refractivity contribution in [1.82, 2.24) is 0 Å². The lowest BCUT2D eigenvalue weighted by atomic mass is 9.81. The maximum absolute atomic E-state index is 13.1. The predicted octanol–water partition coefficient (Wildman–Crippen LogP) is 4.12. The first-order valence-corrected chi connectivity index (χ1v) is 10.2. The molecule has 0 N–H and O–H groups in total. The van der Waals surface area contributed by atoms with Gasteiger partial charge in [0, 0.05) is 35.4 Å². The van der Waals surface area contributed by atoms with Gasteiger partial charge >= 0.3 is 0 Å². The van der Waals surface area contributed by atoms with Gasteiger partial charge < -0.3 is 14.0 Å². The average molecular weight is 381 g/mol. The van der Waals surface area contributed by atoms with Gasteiger partial charge in [0.25, 0.3) is 0 Å². The first-order chi connectivity index (χ1) is 13.5. The summed E-state index contributed by atoms with van der Waals surface area (Å²) in [6, 6.07) is 14.5. The number of fused-ring (bicyclic) bond motifs is 1. The summed E-state index contributed by atoms with van der Waals surface area (Å²) in [7, 11) is 5.65. The fourth-order valence-corrected chi connectivity index (χ4v) is 5.11. The molecule has 1 aliphatic carbocycles. The number of hydrogen-bond donors (Lipinski definition) is 0. The Labute approximate surface area is 167 Å². The van der Waals surface area contributed by atoms with E-state index in [1.54, 1.807) is 14.2 Å². The number of hydrogen-bond acceptors (Lipinski definition) is 3. The van der Waals surface area contributed by atoms with Crippen molar-refractivity contribution in [2.75, 3.05) is 34.4 Å². The van der Waals surface area contributed by atoms with Gasteiger partial charge in [-0.1, -0.05) is 30.3 Å². The summed E-state index contributed by atoms with van der Waals surface area (Å²) in [5.74, 6) is 2.28. The Bertz CT molecular complexity index is 854. The highest BCUT2D eigenvalue weighted by atomic mass is 16.5. The van der Waals surface area contributed by atoms with Crippen molar-refractivity contribution in [2.24, 2.45) is 11.8 Å². The summed E-state index contributed by atoms with van der Waals surface area (Å²) in [4.78, 5) is 13.1. The van der Waals surface area contributed by atoms with E-state index in [2.05, 4.69) is 37.4 Å². The molecule has 1 atom stereocenters. The molecule has 1 heterocycles. The minimum Gasteiger partial charge on any atom is -0.493 e. The summed E-state index contributed by atoms with van der Waals surface area (Å²) in [6.45, 7) is 3.32. The first kappa shape index (κ1) is 19.0. The molecule has 0 bridgehead atoms. The largest absolute Gasteiger partial charge is 0.493 e. The summed E-state index contributed by atoms with van der Waals surface area (Å²) < 4.78 is 12.1. The van der Waals surface area contributed by atoms with Crippen LogP contribution in [0.4, 0.5) is 0 Å². The summed E-state index contributed by atoms with van der Waals surface area (Å²) in [5.41, 5.74) is 3.25. The van der Waals surface area contributed by atoms with Gasteiger partial charge in [-0.3, -0.25) is 4.79 Å². The number of carbonyl (C=O) groups is 1. The quantitative estimate of drug-likeness (QED) is 0.732. The van der Waals surface area contributed by atoms with E-state index in [4.69, 9.17) is 9.47 Å². The lowest BCUT2D eigenvalue weighted by Gasteiger charge is -2.42. The van der Waals surface area contributed by atoms with Crippen molar-refractivity contribution in [2.45, 2.75) is 25.8 Å². The second-order valence-corrected chi connectivity index (χ2v) is 8.55. The van der Waals surface area contributed by atoms with Gasteiger partial charge in [-0.15, -0.1) is 0 Å². The highest BCUT2D eigenvalue weighted by Gasteiger charge is 2.42. The third-order valence-electron chi connectivity index (χ3n) is 6.73. The van der Waals surface area contributed by atoms with Crippen LogP contribution in [-0.4, -0.2) is 44.6 Å². The van der Waals surface area contributed by atoms with E-state index in [0.29, 0.717) is 17.5 Å². The number of ketones is 1. The smallest absolute Gasteiger partial charge is 0.166 e. The zero-order valence-corrected chi connectivity index (χ0v) is 17.1. The van der Waals surface area contributed by atoms with Crippen LogP contribution >= 0.6 is 0 Å². The Kier molecular flexibility index (Phi) is 5.15. The van der Waals surface area contributed by atoms with Crippen LogP contribution in [0.15, 0.2) is 42.5 Å². The molecular weight excluding hydrogens is 350 g/mol. The first-order valence-electron chi connectivity index (χ1n) is 10.2. The molecule has 0 saturated carbocycles. The van der Waals surface area contributed by atoms with Crippen LogP contribution in [0.1, 0.15) is 34.3 Å². The van der Waals surface area contributed by atoms with Crippen molar-refractivity contribution in [3.8, 4) is 11.5 Å². The minimum absolute atomic E-state index is 0.0847. The van der Waals surface area contributed by atoms with Crippen LogP contribution in [0.5, 0.6) is 11.5 Å². The van der Waals surface area contributed by atoms with Crippen LogP contribution in [0, 0.1) is 11.8 Å². The molecule has 2 aromatic carbocycles. The molecule has 148 valence electrons. The van der Waals surface area contributed by atoms with E-state index < -0.39 is 0 Å². The Hall–Kier alpha value is -2.33. The molecule has 0 amide bonds. The molecule has 0 spiro atoms. The van der Waals surface area contributed by atoms with Crippen LogP contribution in [0.3, 0.4) is 0 Å². The second-order valence-electron chi connectivity index (χ2n) is 8.55. The van der Waals surface area contributed by atoms with E-state index in [1.165, 1.54) is 5.56 Å². The summed E-state index contributed by atoms with van der Waals surface area (Å²) >= 11 is 0. The van der Waals surface area contributed by atoms with E-state index in [1.807, 2.05) is 12.1 Å². The molecule has 0 aromatic heterocycles. The number of quaternary nitrogens is 1. The molecule has 1 unspecified atom stereocenters. The molecule has 2 aromatic rings. The average Bonchev–Trinajstić information content (AvgIpc) is 3.05. The third kappa shape index (κ3) is 3.42. The van der Waals surface area contributed by atoms with E-state index in [9.17, 15) is 4.79 Å². The zero-order valence-electron chi connectivity index (χ0n) is 17.1. The maximum atomic E-state index is 13.1. The van der Waals surface area contributed by atoms with Crippen molar-refractivity contribution < 1.29 is 18.8 Å². The molecule has 1 saturated heterocycles. The zero-order chi connectivity index (χ0) is 19.7. The number of ether oxygens (including phenoxy) is 2. The number of methoxy groups -OCH3 is 2. The number of likely N-dealkylation sites (tertiary alicyclic amines) is 1. The summed E-state index contributed by atoms with van der Waals surface area (Å²) in [6.07, 6.45) is 2.99. The molecule has 28 heavy (non-hydrogen) atoms. The van der Waals surface area contributed by atoms with Gasteiger partial charge in [0.15, 0.2) is 17.3 Å². The standard InChI is InChI=1S/C24H30NO3/c1-25(16-17-7-5-4-6-8-17)13-11-18(12-14-25)20-15-21-19(23(20)26)9-10-22(27-2)24(21)28-3/h4-10,18,20H,11-16H2,1-3H3/q+1. The van der Waals surface area contributed by atoms with Gasteiger partial charge in [0.05, 0.1) is 34.4 Å². The second kappa shape index (κ2) is 7.59. The molecule has 4 rings (SSSR count). The minimum atomic E-state index is 0.0847.